The lowest BCUT2D eigenvalue weighted by Gasteiger charge is -2.13. The van der Waals surface area contributed by atoms with Gasteiger partial charge in [0.25, 0.3) is 5.91 Å². The number of halogens is 1. The van der Waals surface area contributed by atoms with Crippen molar-refractivity contribution in [3.8, 4) is 5.75 Å². The summed E-state index contributed by atoms with van der Waals surface area (Å²) in [6.45, 7) is 1.83. The van der Waals surface area contributed by atoms with Crippen LogP contribution in [-0.4, -0.2) is 33.8 Å². The molecule has 5 nitrogen and oxygen atoms in total. The number of nitrogens with one attached hydrogen (secondary N) is 1. The number of carbonyl (C=O) groups excluding carboxylic acids is 1. The van der Waals surface area contributed by atoms with Crippen LogP contribution in [0.4, 0.5) is 0 Å². The highest BCUT2D eigenvalue weighted by Gasteiger charge is 2.16. The number of nitrogens with zero attached hydrogens (tertiary/aromatic N) is 2. The van der Waals surface area contributed by atoms with E-state index in [0.29, 0.717) is 10.2 Å². The van der Waals surface area contributed by atoms with Gasteiger partial charge in [0.15, 0.2) is 0 Å². The quantitative estimate of drug-likeness (QED) is 0.525. The number of para-hydroxylation sites is 1. The number of benzene rings is 2. The number of fused-ring (bicyclic) bond motifs is 1. The van der Waals surface area contributed by atoms with Crippen LogP contribution in [0.5, 0.6) is 5.75 Å². The zero-order valence-electron chi connectivity index (χ0n) is 13.2. The predicted molar refractivity (Wildman–Crippen MR) is 98.4 cm³/mol. The highest BCUT2D eigenvalue weighted by Crippen LogP contribution is 2.23. The van der Waals surface area contributed by atoms with Crippen molar-refractivity contribution in [2.45, 2.75) is 6.92 Å². The second kappa shape index (κ2) is 6.49. The number of H-pyrrole nitrogens is 1. The molecule has 0 radical (unpaired) electrons. The lowest BCUT2D eigenvalue weighted by atomic mass is 10.2. The lowest BCUT2D eigenvalue weighted by molar-refractivity contribution is 0.0796. The molecule has 1 aromatic heterocycles. The zero-order valence-corrected chi connectivity index (χ0v) is 14.8. The summed E-state index contributed by atoms with van der Waals surface area (Å²) in [6, 6.07) is 14.6. The van der Waals surface area contributed by atoms with Gasteiger partial charge in [-0.2, -0.15) is 5.10 Å². The zero-order chi connectivity index (χ0) is 17.3. The van der Waals surface area contributed by atoms with Gasteiger partial charge in [-0.05, 0) is 37.3 Å². The van der Waals surface area contributed by atoms with Crippen LogP contribution in [0, 0.1) is 0 Å². The van der Waals surface area contributed by atoms with E-state index in [1.807, 2.05) is 37.3 Å². The third-order valence-corrected chi connectivity index (χ3v) is 4.20. The maximum absolute atomic E-state index is 12.5. The molecule has 0 bridgehead atoms. The van der Waals surface area contributed by atoms with Gasteiger partial charge in [-0.3, -0.25) is 4.79 Å². The van der Waals surface area contributed by atoms with E-state index in [1.54, 1.807) is 19.2 Å². The number of aromatic nitrogens is 1. The van der Waals surface area contributed by atoms with Gasteiger partial charge in [0, 0.05) is 22.4 Å². The fourth-order valence-electron chi connectivity index (χ4n) is 2.45. The van der Waals surface area contributed by atoms with Gasteiger partial charge in [0.1, 0.15) is 5.75 Å². The largest absolute Gasteiger partial charge is 0.507 e. The molecule has 0 atom stereocenters. The number of carbonyl (C=O) groups is 1. The summed E-state index contributed by atoms with van der Waals surface area (Å²) in [5, 5.41) is 16.5. The SMILES string of the molecule is C/C(=N\N(C)C(=O)c1cc(Br)ccc1O)c1cc2ccccc2[nH]1. The summed E-state index contributed by atoms with van der Waals surface area (Å²) in [7, 11) is 1.56. The Balaban J connectivity index is 1.88. The first-order valence-electron chi connectivity index (χ1n) is 7.35. The third-order valence-electron chi connectivity index (χ3n) is 3.70. The highest BCUT2D eigenvalue weighted by molar-refractivity contribution is 9.10. The number of hydrogen-bond donors (Lipinski definition) is 2. The van der Waals surface area contributed by atoms with Crippen LogP contribution in [0.25, 0.3) is 10.9 Å². The summed E-state index contributed by atoms with van der Waals surface area (Å²) in [5.41, 5.74) is 2.73. The van der Waals surface area contributed by atoms with Crippen molar-refractivity contribution in [3.63, 3.8) is 0 Å². The van der Waals surface area contributed by atoms with E-state index in [-0.39, 0.29) is 17.2 Å². The van der Waals surface area contributed by atoms with E-state index in [9.17, 15) is 9.90 Å². The summed E-state index contributed by atoms with van der Waals surface area (Å²) < 4.78 is 0.716. The van der Waals surface area contributed by atoms with E-state index in [1.165, 1.54) is 11.1 Å². The summed E-state index contributed by atoms with van der Waals surface area (Å²) in [5.74, 6) is -0.460. The Morgan fingerprint density at radius 1 is 1.21 bits per heavy atom. The molecule has 3 aromatic rings. The Labute approximate surface area is 147 Å². The Hall–Kier alpha value is -2.60. The molecule has 0 saturated carbocycles. The van der Waals surface area contributed by atoms with E-state index in [2.05, 4.69) is 26.0 Å². The summed E-state index contributed by atoms with van der Waals surface area (Å²) in [4.78, 5) is 15.8. The number of aromatic amines is 1. The number of phenolic OH excluding ortho intramolecular Hbond substituents is 1. The molecule has 6 heteroatoms. The number of hydrogen-bond acceptors (Lipinski definition) is 3. The molecule has 0 aliphatic carbocycles. The monoisotopic (exact) mass is 385 g/mol. The van der Waals surface area contributed by atoms with Crippen LogP contribution < -0.4 is 0 Å². The Kier molecular flexibility index (Phi) is 4.40. The molecule has 0 aliphatic rings. The van der Waals surface area contributed by atoms with Crippen LogP contribution in [-0.2, 0) is 0 Å². The van der Waals surface area contributed by atoms with Gasteiger partial charge in [-0.1, -0.05) is 34.1 Å². The first kappa shape index (κ1) is 16.3. The second-order valence-corrected chi connectivity index (χ2v) is 6.36. The topological polar surface area (TPSA) is 68.7 Å². The van der Waals surface area contributed by atoms with Crippen LogP contribution in [0.1, 0.15) is 23.0 Å². The van der Waals surface area contributed by atoms with E-state index < -0.39 is 0 Å². The van der Waals surface area contributed by atoms with E-state index in [4.69, 9.17) is 0 Å². The van der Waals surface area contributed by atoms with Crippen molar-refractivity contribution in [2.24, 2.45) is 5.10 Å². The average Bonchev–Trinajstić information content (AvgIpc) is 3.00. The molecule has 0 saturated heterocycles. The molecule has 2 aromatic carbocycles. The first-order valence-corrected chi connectivity index (χ1v) is 8.15. The van der Waals surface area contributed by atoms with E-state index in [0.717, 1.165) is 16.6 Å². The predicted octanol–water partition coefficient (Wildman–Crippen LogP) is 4.13. The van der Waals surface area contributed by atoms with Gasteiger partial charge in [0.05, 0.1) is 17.0 Å². The molecule has 0 fully saturated rings. The van der Waals surface area contributed by atoms with Gasteiger partial charge in [-0.25, -0.2) is 5.01 Å². The normalized spacial score (nSPS) is 11.7. The van der Waals surface area contributed by atoms with Crippen molar-refractivity contribution in [2.75, 3.05) is 7.05 Å². The molecule has 122 valence electrons. The van der Waals surface area contributed by atoms with Crippen LogP contribution in [0.3, 0.4) is 0 Å². The fraction of sp³-hybridized carbons (Fsp3) is 0.111. The molecule has 0 aliphatic heterocycles. The van der Waals surface area contributed by atoms with Crippen LogP contribution in [0.2, 0.25) is 0 Å². The molecule has 2 N–H and O–H groups in total. The van der Waals surface area contributed by atoms with Crippen LogP contribution >= 0.6 is 15.9 Å². The van der Waals surface area contributed by atoms with Gasteiger partial charge in [-0.15, -0.1) is 0 Å². The van der Waals surface area contributed by atoms with Crippen molar-refractivity contribution in [1.29, 1.82) is 0 Å². The van der Waals surface area contributed by atoms with E-state index >= 15 is 0 Å². The molecule has 1 amide bonds. The molecular formula is C18H16BrN3O2. The minimum absolute atomic E-state index is 0.0754. The van der Waals surface area contributed by atoms with Gasteiger partial charge in [0.2, 0.25) is 0 Å². The lowest BCUT2D eigenvalue weighted by Crippen LogP contribution is -2.23. The standard InChI is InChI=1S/C18H16BrN3O2/c1-11(16-9-12-5-3-4-6-15(12)20-16)21-22(2)18(24)14-10-13(19)7-8-17(14)23/h3-10,20,23H,1-2H3/b21-11+. The Bertz CT molecular complexity index is 913. The summed E-state index contributed by atoms with van der Waals surface area (Å²) >= 11 is 3.30. The molecule has 0 unspecified atom stereocenters. The maximum Gasteiger partial charge on any atom is 0.277 e. The summed E-state index contributed by atoms with van der Waals surface area (Å²) in [6.07, 6.45) is 0. The molecule has 3 rings (SSSR count). The smallest absolute Gasteiger partial charge is 0.277 e. The van der Waals surface area contributed by atoms with Gasteiger partial charge < -0.3 is 10.1 Å². The minimum atomic E-state index is -0.385. The molecule has 1 heterocycles. The maximum atomic E-state index is 12.5. The Morgan fingerprint density at radius 3 is 2.71 bits per heavy atom. The number of rotatable bonds is 3. The molecule has 0 spiro atoms. The van der Waals surface area contributed by atoms with Crippen molar-refractivity contribution >= 4 is 38.5 Å². The minimum Gasteiger partial charge on any atom is -0.507 e. The third kappa shape index (κ3) is 3.19. The molecular weight excluding hydrogens is 370 g/mol. The van der Waals surface area contributed by atoms with Crippen molar-refractivity contribution < 1.29 is 9.90 Å². The number of amides is 1. The first-order chi connectivity index (χ1) is 11.5. The average molecular weight is 386 g/mol. The second-order valence-electron chi connectivity index (χ2n) is 5.45. The fourth-order valence-corrected chi connectivity index (χ4v) is 2.81. The van der Waals surface area contributed by atoms with Crippen LogP contribution in [0.15, 0.2) is 58.1 Å². The van der Waals surface area contributed by atoms with Crippen molar-refractivity contribution in [3.05, 3.63) is 64.3 Å². The van der Waals surface area contributed by atoms with Gasteiger partial charge >= 0.3 is 0 Å². The number of hydrazone groups is 1. The highest BCUT2D eigenvalue weighted by atomic mass is 79.9. The van der Waals surface area contributed by atoms with Crippen molar-refractivity contribution in [1.82, 2.24) is 9.99 Å². The number of aromatic hydroxyl groups is 1. The Morgan fingerprint density at radius 2 is 1.96 bits per heavy atom. The number of phenols is 1. The molecule has 24 heavy (non-hydrogen) atoms.